The third kappa shape index (κ3) is 3.12. The molecule has 1 N–H and O–H groups in total. The summed E-state index contributed by atoms with van der Waals surface area (Å²) in [4.78, 5) is 12.5. The van der Waals surface area contributed by atoms with Crippen molar-refractivity contribution in [2.24, 2.45) is 11.8 Å². The molecule has 1 aliphatic carbocycles. The highest BCUT2D eigenvalue weighted by molar-refractivity contribution is 6.03. The van der Waals surface area contributed by atoms with E-state index >= 15 is 0 Å². The van der Waals surface area contributed by atoms with Crippen LogP contribution in [0.3, 0.4) is 0 Å². The Labute approximate surface area is 131 Å². The Morgan fingerprint density at radius 3 is 2.39 bits per heavy atom. The third-order valence-electron chi connectivity index (χ3n) is 4.04. The summed E-state index contributed by atoms with van der Waals surface area (Å²) in [6.07, 6.45) is -7.00. The van der Waals surface area contributed by atoms with Crippen molar-refractivity contribution in [3.63, 3.8) is 0 Å². The van der Waals surface area contributed by atoms with Gasteiger partial charge in [0.1, 0.15) is 5.82 Å². The van der Waals surface area contributed by atoms with Crippen LogP contribution in [0.1, 0.15) is 48.4 Å². The Kier molecular flexibility index (Phi) is 4.82. The maximum atomic E-state index is 13.7. The minimum Gasteiger partial charge on any atom is -0.388 e. The number of rotatable bonds is 4. The maximum Gasteiger partial charge on any atom is 0.419 e. The molecular formula is C16H18F4O3. The molecule has 1 aromatic carbocycles. The van der Waals surface area contributed by atoms with Gasteiger partial charge in [0.15, 0.2) is 5.78 Å². The molecule has 0 aromatic heterocycles. The molecule has 3 unspecified atom stereocenters. The normalized spacial score (nSPS) is 22.6. The van der Waals surface area contributed by atoms with Crippen LogP contribution in [0.25, 0.3) is 0 Å². The highest BCUT2D eigenvalue weighted by Gasteiger charge is 2.47. The molecule has 0 radical (unpaired) electrons. The lowest BCUT2D eigenvalue weighted by Crippen LogP contribution is -2.35. The first-order valence-electron chi connectivity index (χ1n) is 7.34. The molecule has 7 heteroatoms. The second-order valence-corrected chi connectivity index (χ2v) is 5.92. The van der Waals surface area contributed by atoms with E-state index < -0.39 is 41.5 Å². The van der Waals surface area contributed by atoms with Gasteiger partial charge in [-0.3, -0.25) is 4.79 Å². The molecule has 0 spiro atoms. The lowest BCUT2D eigenvalue weighted by atomic mass is 9.88. The van der Waals surface area contributed by atoms with Crippen molar-refractivity contribution in [2.75, 3.05) is 6.61 Å². The molecule has 3 nitrogen and oxygen atoms in total. The van der Waals surface area contributed by atoms with Crippen LogP contribution in [0.15, 0.2) is 12.1 Å². The molecule has 0 saturated carbocycles. The molecule has 1 aliphatic rings. The molecular weight excluding hydrogens is 316 g/mol. The van der Waals surface area contributed by atoms with Gasteiger partial charge in [-0.15, -0.1) is 0 Å². The zero-order valence-corrected chi connectivity index (χ0v) is 12.9. The average Bonchev–Trinajstić information content (AvgIpc) is 2.66. The Hall–Kier alpha value is -1.47. The predicted molar refractivity (Wildman–Crippen MR) is 74.4 cm³/mol. The molecule has 23 heavy (non-hydrogen) atoms. The van der Waals surface area contributed by atoms with Crippen molar-refractivity contribution in [2.45, 2.75) is 39.2 Å². The Balaban J connectivity index is 2.50. The average molecular weight is 334 g/mol. The first-order valence-corrected chi connectivity index (χ1v) is 7.34. The molecule has 0 amide bonds. The SMILES string of the molecule is CCOC(C(C)C)C1C(=O)c2cc(F)c(C(F)(F)F)cc2C1O. The number of hydrogen-bond donors (Lipinski definition) is 1. The Morgan fingerprint density at radius 1 is 1.30 bits per heavy atom. The van der Waals surface area contributed by atoms with Crippen molar-refractivity contribution in [1.29, 1.82) is 0 Å². The van der Waals surface area contributed by atoms with E-state index in [0.717, 1.165) is 0 Å². The fourth-order valence-electron chi connectivity index (χ4n) is 3.01. The number of carbonyl (C=O) groups is 1. The van der Waals surface area contributed by atoms with Crippen molar-refractivity contribution in [1.82, 2.24) is 0 Å². The van der Waals surface area contributed by atoms with E-state index in [1.165, 1.54) is 0 Å². The van der Waals surface area contributed by atoms with Crippen LogP contribution in [0.4, 0.5) is 17.6 Å². The van der Waals surface area contributed by atoms with Gasteiger partial charge in [0, 0.05) is 12.2 Å². The van der Waals surface area contributed by atoms with Crippen LogP contribution in [0.2, 0.25) is 0 Å². The fourth-order valence-corrected chi connectivity index (χ4v) is 3.01. The number of alkyl halides is 3. The van der Waals surface area contributed by atoms with Crippen molar-refractivity contribution in [3.05, 3.63) is 34.6 Å². The molecule has 0 fully saturated rings. The van der Waals surface area contributed by atoms with Crippen LogP contribution < -0.4 is 0 Å². The predicted octanol–water partition coefficient (Wildman–Crippen LogP) is 3.75. The zero-order chi connectivity index (χ0) is 17.5. The number of Topliss-reactive ketones (excluding diaryl/α,β-unsaturated/α-hetero) is 1. The first kappa shape index (κ1) is 17.9. The van der Waals surface area contributed by atoms with E-state index in [-0.39, 0.29) is 23.7 Å². The second kappa shape index (κ2) is 6.20. The van der Waals surface area contributed by atoms with Crippen molar-refractivity contribution >= 4 is 5.78 Å². The van der Waals surface area contributed by atoms with Crippen molar-refractivity contribution < 1.29 is 32.2 Å². The van der Waals surface area contributed by atoms with E-state index in [1.54, 1.807) is 20.8 Å². The van der Waals surface area contributed by atoms with E-state index in [4.69, 9.17) is 4.74 Å². The maximum absolute atomic E-state index is 13.7. The van der Waals surface area contributed by atoms with Crippen LogP contribution in [-0.4, -0.2) is 23.6 Å². The lowest BCUT2D eigenvalue weighted by Gasteiger charge is -2.28. The van der Waals surface area contributed by atoms with Gasteiger partial charge in [0.05, 0.1) is 23.7 Å². The van der Waals surface area contributed by atoms with Gasteiger partial charge in [-0.25, -0.2) is 4.39 Å². The molecule has 0 heterocycles. The summed E-state index contributed by atoms with van der Waals surface area (Å²) < 4.78 is 57.6. The molecule has 128 valence electrons. The highest BCUT2D eigenvalue weighted by atomic mass is 19.4. The molecule has 1 aromatic rings. The number of aliphatic hydroxyl groups is 1. The first-order chi connectivity index (χ1) is 10.6. The van der Waals surface area contributed by atoms with Crippen LogP contribution >= 0.6 is 0 Å². The van der Waals surface area contributed by atoms with Crippen LogP contribution in [-0.2, 0) is 10.9 Å². The summed E-state index contributed by atoms with van der Waals surface area (Å²) in [7, 11) is 0. The van der Waals surface area contributed by atoms with Crippen LogP contribution in [0.5, 0.6) is 0 Å². The number of aliphatic hydroxyl groups excluding tert-OH is 1. The number of halogens is 4. The molecule has 2 rings (SSSR count). The van der Waals surface area contributed by atoms with Crippen molar-refractivity contribution in [3.8, 4) is 0 Å². The minimum atomic E-state index is -4.89. The monoisotopic (exact) mass is 334 g/mol. The Morgan fingerprint density at radius 2 is 1.91 bits per heavy atom. The second-order valence-electron chi connectivity index (χ2n) is 5.92. The molecule has 3 atom stereocenters. The van der Waals surface area contributed by atoms with Gasteiger partial charge in [0.2, 0.25) is 0 Å². The summed E-state index contributed by atoms with van der Waals surface area (Å²) in [5.41, 5.74) is -1.89. The molecule has 0 aliphatic heterocycles. The number of carbonyl (C=O) groups excluding carboxylic acids is 1. The van der Waals surface area contributed by atoms with Gasteiger partial charge in [0.25, 0.3) is 0 Å². The highest BCUT2D eigenvalue weighted by Crippen LogP contribution is 2.43. The van der Waals surface area contributed by atoms with Gasteiger partial charge in [-0.2, -0.15) is 13.2 Å². The number of ketones is 1. The minimum absolute atomic E-state index is 0.139. The quantitative estimate of drug-likeness (QED) is 0.853. The van der Waals surface area contributed by atoms with E-state index in [1.807, 2.05) is 0 Å². The van der Waals surface area contributed by atoms with Gasteiger partial charge in [-0.1, -0.05) is 13.8 Å². The summed E-state index contributed by atoms with van der Waals surface area (Å²) >= 11 is 0. The lowest BCUT2D eigenvalue weighted by molar-refractivity contribution is -0.140. The zero-order valence-electron chi connectivity index (χ0n) is 12.9. The van der Waals surface area contributed by atoms with Gasteiger partial charge >= 0.3 is 6.18 Å². The number of hydrogen-bond acceptors (Lipinski definition) is 3. The summed E-state index contributed by atoms with van der Waals surface area (Å²) in [6, 6.07) is 1.09. The Bertz CT molecular complexity index is 610. The van der Waals surface area contributed by atoms with Gasteiger partial charge in [-0.05, 0) is 30.5 Å². The van der Waals surface area contributed by atoms with E-state index in [0.29, 0.717) is 12.1 Å². The van der Waals surface area contributed by atoms with Crippen LogP contribution in [0, 0.1) is 17.7 Å². The standard InChI is InChI=1S/C16H18F4O3/c1-4-23-15(7(2)3)12-13(21)8-5-10(16(18,19)20)11(17)6-9(8)14(12)22/h5-7,12-13,15,21H,4H2,1-3H3. The van der Waals surface area contributed by atoms with Gasteiger partial charge < -0.3 is 9.84 Å². The number of benzene rings is 1. The largest absolute Gasteiger partial charge is 0.419 e. The smallest absolute Gasteiger partial charge is 0.388 e. The summed E-state index contributed by atoms with van der Waals surface area (Å²) in [5.74, 6) is -3.28. The fraction of sp³-hybridized carbons (Fsp3) is 0.562. The van der Waals surface area contributed by atoms with E-state index in [9.17, 15) is 27.5 Å². The number of fused-ring (bicyclic) bond motifs is 1. The molecule has 0 saturated heterocycles. The summed E-state index contributed by atoms with van der Waals surface area (Å²) in [5, 5.41) is 10.3. The molecule has 0 bridgehead atoms. The summed E-state index contributed by atoms with van der Waals surface area (Å²) in [6.45, 7) is 5.57. The number of ether oxygens (including phenoxy) is 1. The topological polar surface area (TPSA) is 46.5 Å². The third-order valence-corrected chi connectivity index (χ3v) is 4.04. The van der Waals surface area contributed by atoms with E-state index in [2.05, 4.69) is 0 Å².